The van der Waals surface area contributed by atoms with E-state index in [0.29, 0.717) is 18.0 Å². The Morgan fingerprint density at radius 1 is 1.25 bits per heavy atom. The SMILES string of the molecule is C=Cc1cc(-c2nc3cc4c(nc3n2C)CCNC4=O)n(CC2CC2)c1C=C. The van der Waals surface area contributed by atoms with Gasteiger partial charge in [-0.2, -0.15) is 0 Å². The molecule has 1 N–H and O–H groups in total. The summed E-state index contributed by atoms with van der Waals surface area (Å²) >= 11 is 0. The van der Waals surface area contributed by atoms with E-state index in [1.807, 2.05) is 29.8 Å². The average Bonchev–Trinajstić information content (AvgIpc) is 3.37. The molecule has 1 saturated carbocycles. The van der Waals surface area contributed by atoms with E-state index in [9.17, 15) is 4.79 Å². The van der Waals surface area contributed by atoms with Crippen LogP contribution in [0.5, 0.6) is 0 Å². The highest BCUT2D eigenvalue weighted by Crippen LogP contribution is 2.36. The van der Waals surface area contributed by atoms with Gasteiger partial charge >= 0.3 is 0 Å². The maximum atomic E-state index is 12.2. The van der Waals surface area contributed by atoms with Gasteiger partial charge in [0.25, 0.3) is 5.91 Å². The van der Waals surface area contributed by atoms with E-state index in [2.05, 4.69) is 29.1 Å². The number of nitrogens with zero attached hydrogens (tertiary/aromatic N) is 4. The zero-order valence-electron chi connectivity index (χ0n) is 16.0. The van der Waals surface area contributed by atoms with E-state index in [1.54, 1.807) is 0 Å². The van der Waals surface area contributed by atoms with Crippen LogP contribution in [0.15, 0.2) is 25.3 Å². The summed E-state index contributed by atoms with van der Waals surface area (Å²) in [6.07, 6.45) is 7.05. The van der Waals surface area contributed by atoms with Crippen molar-refractivity contribution < 1.29 is 4.79 Å². The third kappa shape index (κ3) is 2.52. The van der Waals surface area contributed by atoms with Gasteiger partial charge in [-0.3, -0.25) is 4.79 Å². The van der Waals surface area contributed by atoms with Crippen LogP contribution in [-0.2, 0) is 20.0 Å². The van der Waals surface area contributed by atoms with Crippen LogP contribution in [-0.4, -0.2) is 31.6 Å². The van der Waals surface area contributed by atoms with Crippen molar-refractivity contribution in [2.75, 3.05) is 6.54 Å². The summed E-state index contributed by atoms with van der Waals surface area (Å²) in [6.45, 7) is 9.56. The minimum absolute atomic E-state index is 0.0668. The normalized spacial score (nSPS) is 16.1. The number of hydrogen-bond donors (Lipinski definition) is 1. The Morgan fingerprint density at radius 2 is 2.07 bits per heavy atom. The van der Waals surface area contributed by atoms with Gasteiger partial charge in [0.05, 0.1) is 17.0 Å². The Bertz CT molecular complexity index is 1150. The topological polar surface area (TPSA) is 64.7 Å². The number of aromatic nitrogens is 4. The van der Waals surface area contributed by atoms with Crippen molar-refractivity contribution in [3.05, 3.63) is 47.8 Å². The summed E-state index contributed by atoms with van der Waals surface area (Å²) in [6, 6.07) is 3.99. The highest BCUT2D eigenvalue weighted by atomic mass is 16.1. The predicted octanol–water partition coefficient (Wildman–Crippen LogP) is 3.42. The predicted molar refractivity (Wildman–Crippen MR) is 111 cm³/mol. The monoisotopic (exact) mass is 373 g/mol. The molecule has 2 aliphatic rings. The van der Waals surface area contributed by atoms with Gasteiger partial charge < -0.3 is 14.5 Å². The first kappa shape index (κ1) is 17.0. The Hall–Kier alpha value is -3.15. The van der Waals surface area contributed by atoms with Crippen molar-refractivity contribution in [3.8, 4) is 11.5 Å². The molecule has 3 aromatic heterocycles. The lowest BCUT2D eigenvalue weighted by atomic mass is 10.1. The molecule has 1 aliphatic carbocycles. The molecular weight excluding hydrogens is 350 g/mol. The number of carbonyl (C=O) groups is 1. The van der Waals surface area contributed by atoms with Crippen LogP contribution in [0.1, 0.15) is 40.2 Å². The van der Waals surface area contributed by atoms with E-state index >= 15 is 0 Å². The van der Waals surface area contributed by atoms with Gasteiger partial charge in [-0.25, -0.2) is 9.97 Å². The Morgan fingerprint density at radius 3 is 2.79 bits per heavy atom. The molecule has 1 aliphatic heterocycles. The van der Waals surface area contributed by atoms with Crippen molar-refractivity contribution in [3.63, 3.8) is 0 Å². The van der Waals surface area contributed by atoms with Crippen LogP contribution in [0.4, 0.5) is 0 Å². The zero-order chi connectivity index (χ0) is 19.4. The molecule has 0 spiro atoms. The van der Waals surface area contributed by atoms with E-state index < -0.39 is 0 Å². The summed E-state index contributed by atoms with van der Waals surface area (Å²) < 4.78 is 4.33. The maximum absolute atomic E-state index is 12.2. The molecule has 0 atom stereocenters. The summed E-state index contributed by atoms with van der Waals surface area (Å²) in [7, 11) is 1.99. The Kier molecular flexibility index (Phi) is 3.75. The Labute approximate surface area is 163 Å². The summed E-state index contributed by atoms with van der Waals surface area (Å²) in [5.74, 6) is 1.50. The van der Waals surface area contributed by atoms with Crippen LogP contribution < -0.4 is 5.32 Å². The number of nitrogens with one attached hydrogen (secondary N) is 1. The number of rotatable bonds is 5. The minimum Gasteiger partial charge on any atom is -0.352 e. The molecule has 0 unspecified atom stereocenters. The average molecular weight is 373 g/mol. The van der Waals surface area contributed by atoms with Gasteiger partial charge in [0.2, 0.25) is 0 Å². The third-order valence-corrected chi connectivity index (χ3v) is 5.77. The first-order valence-electron chi connectivity index (χ1n) is 9.74. The van der Waals surface area contributed by atoms with Crippen molar-refractivity contribution in [2.24, 2.45) is 13.0 Å². The van der Waals surface area contributed by atoms with Gasteiger partial charge in [-0.05, 0) is 42.5 Å². The fraction of sp³-hybridized carbons (Fsp3) is 0.318. The lowest BCUT2D eigenvalue weighted by molar-refractivity contribution is 0.0945. The molecule has 28 heavy (non-hydrogen) atoms. The molecule has 1 fully saturated rings. The summed E-state index contributed by atoms with van der Waals surface area (Å²) in [5.41, 5.74) is 6.21. The van der Waals surface area contributed by atoms with Crippen LogP contribution in [0.2, 0.25) is 0 Å². The first-order chi connectivity index (χ1) is 13.6. The highest BCUT2D eigenvalue weighted by molar-refractivity contribution is 5.99. The second kappa shape index (κ2) is 6.19. The number of fused-ring (bicyclic) bond motifs is 2. The van der Waals surface area contributed by atoms with E-state index in [4.69, 9.17) is 9.97 Å². The van der Waals surface area contributed by atoms with Gasteiger partial charge in [-0.15, -0.1) is 0 Å². The van der Waals surface area contributed by atoms with E-state index in [0.717, 1.165) is 52.6 Å². The Balaban J connectivity index is 1.72. The molecule has 0 aromatic carbocycles. The molecule has 0 saturated heterocycles. The molecule has 6 heteroatoms. The molecular formula is C22H23N5O. The summed E-state index contributed by atoms with van der Waals surface area (Å²) in [4.78, 5) is 21.8. The number of carbonyl (C=O) groups excluding carboxylic acids is 1. The second-order valence-electron chi connectivity index (χ2n) is 7.66. The fourth-order valence-electron chi connectivity index (χ4n) is 4.07. The molecule has 1 amide bonds. The first-order valence-corrected chi connectivity index (χ1v) is 9.74. The number of hydrogen-bond acceptors (Lipinski definition) is 3. The molecule has 0 radical (unpaired) electrons. The van der Waals surface area contributed by atoms with Gasteiger partial charge in [0.15, 0.2) is 11.5 Å². The van der Waals surface area contributed by atoms with Crippen LogP contribution in [0, 0.1) is 5.92 Å². The lowest BCUT2D eigenvalue weighted by Gasteiger charge is -2.15. The molecule has 5 rings (SSSR count). The molecule has 3 aromatic rings. The number of amides is 1. The standard InChI is InChI=1S/C22H23N5O/c1-4-14-10-19(27(18(14)5-2)12-13-6-7-13)21-25-17-11-15-16(8-9-23-22(15)28)24-20(17)26(21)3/h4-5,10-11,13H,1-2,6-9,12H2,3H3,(H,23,28). The minimum atomic E-state index is -0.0668. The van der Waals surface area contributed by atoms with Gasteiger partial charge in [-0.1, -0.05) is 19.2 Å². The second-order valence-corrected chi connectivity index (χ2v) is 7.66. The van der Waals surface area contributed by atoms with E-state index in [1.165, 1.54) is 12.8 Å². The summed E-state index contributed by atoms with van der Waals surface area (Å²) in [5, 5.41) is 2.88. The van der Waals surface area contributed by atoms with Crippen molar-refractivity contribution >= 4 is 29.2 Å². The van der Waals surface area contributed by atoms with Crippen molar-refractivity contribution in [1.29, 1.82) is 0 Å². The number of imidazole rings is 1. The highest BCUT2D eigenvalue weighted by Gasteiger charge is 2.27. The van der Waals surface area contributed by atoms with Gasteiger partial charge in [0.1, 0.15) is 5.52 Å². The number of pyridine rings is 1. The fourth-order valence-corrected chi connectivity index (χ4v) is 4.07. The van der Waals surface area contributed by atoms with Crippen molar-refractivity contribution in [1.82, 2.24) is 24.4 Å². The quantitative estimate of drug-likeness (QED) is 0.745. The smallest absolute Gasteiger partial charge is 0.253 e. The molecule has 4 heterocycles. The zero-order valence-corrected chi connectivity index (χ0v) is 16.0. The van der Waals surface area contributed by atoms with Crippen LogP contribution in [0.25, 0.3) is 34.8 Å². The van der Waals surface area contributed by atoms with Crippen LogP contribution in [0.3, 0.4) is 0 Å². The molecule has 6 nitrogen and oxygen atoms in total. The largest absolute Gasteiger partial charge is 0.352 e. The lowest BCUT2D eigenvalue weighted by Crippen LogP contribution is -2.32. The van der Waals surface area contributed by atoms with Gasteiger partial charge in [0, 0.05) is 32.3 Å². The van der Waals surface area contributed by atoms with E-state index in [-0.39, 0.29) is 5.91 Å². The maximum Gasteiger partial charge on any atom is 0.253 e. The van der Waals surface area contributed by atoms with Crippen molar-refractivity contribution in [2.45, 2.75) is 25.8 Å². The number of aryl methyl sites for hydroxylation is 1. The molecule has 0 bridgehead atoms. The van der Waals surface area contributed by atoms with Crippen LogP contribution >= 0.6 is 0 Å². The molecule has 142 valence electrons. The third-order valence-electron chi connectivity index (χ3n) is 5.77.